The van der Waals surface area contributed by atoms with Gasteiger partial charge >= 0.3 is 22.2 Å². The molecular weight excluding hydrogens is 536 g/mol. The van der Waals surface area contributed by atoms with Crippen molar-refractivity contribution in [3.05, 3.63) is 71.8 Å². The van der Waals surface area contributed by atoms with E-state index >= 15 is 0 Å². The lowest BCUT2D eigenvalue weighted by atomic mass is 10.0. The topological polar surface area (TPSA) is 170 Å². The quantitative estimate of drug-likeness (QED) is 0.246. The van der Waals surface area contributed by atoms with Gasteiger partial charge in [-0.2, -0.15) is 18.5 Å². The summed E-state index contributed by atoms with van der Waals surface area (Å²) in [6, 6.07) is 17.5. The van der Waals surface area contributed by atoms with Crippen molar-refractivity contribution >= 4 is 34.0 Å². The lowest BCUT2D eigenvalue weighted by Gasteiger charge is -2.46. The van der Waals surface area contributed by atoms with E-state index in [1.165, 1.54) is 0 Å². The molecule has 39 heavy (non-hydrogen) atoms. The molecule has 0 saturated carbocycles. The molecular formula is C24H26N4O10S. The molecule has 4 rings (SSSR count). The molecule has 2 aromatic rings. The van der Waals surface area contributed by atoms with Crippen LogP contribution in [0.2, 0.25) is 0 Å². The van der Waals surface area contributed by atoms with Crippen LogP contribution in [-0.2, 0) is 60.5 Å². The number of hydrogen-bond donors (Lipinski definition) is 2. The summed E-state index contributed by atoms with van der Waals surface area (Å²) in [6.45, 7) is -0.950. The number of carbonyl (C=O) groups is 4. The molecule has 2 atom stereocenters. The molecule has 0 bridgehead atoms. The monoisotopic (exact) mass is 562 g/mol. The highest BCUT2D eigenvalue weighted by Crippen LogP contribution is 2.29. The van der Waals surface area contributed by atoms with Gasteiger partial charge in [-0.05, 0) is 11.1 Å². The number of nitrogens with one attached hydrogen (secondary N) is 2. The molecule has 2 saturated heterocycles. The minimum atomic E-state index is -4.96. The summed E-state index contributed by atoms with van der Waals surface area (Å²) in [4.78, 5) is 50.0. The van der Waals surface area contributed by atoms with Crippen molar-refractivity contribution in [1.29, 1.82) is 0 Å². The van der Waals surface area contributed by atoms with E-state index in [4.69, 9.17) is 9.47 Å². The van der Waals surface area contributed by atoms with Crippen LogP contribution in [0.3, 0.4) is 0 Å². The smallest absolute Gasteiger partial charge is 0.349 e. The number of methoxy groups -OCH3 is 2. The van der Waals surface area contributed by atoms with E-state index in [1.54, 1.807) is 60.7 Å². The third-order valence-electron chi connectivity index (χ3n) is 6.03. The van der Waals surface area contributed by atoms with Crippen molar-refractivity contribution in [2.75, 3.05) is 27.3 Å². The summed E-state index contributed by atoms with van der Waals surface area (Å²) >= 11 is 0. The van der Waals surface area contributed by atoms with Crippen LogP contribution >= 0.6 is 0 Å². The Morgan fingerprint density at radius 1 is 0.744 bits per heavy atom. The summed E-state index contributed by atoms with van der Waals surface area (Å²) in [7, 11) is -2.64. The van der Waals surface area contributed by atoms with E-state index in [9.17, 15) is 27.6 Å². The SMILES string of the molecule is COC1(NC(=O)Cc2ccccc2)CN(OS(=O)(=O)ON2CC(NC(=O)Cc3ccccc3)(OC)C2=O)C1=O. The summed E-state index contributed by atoms with van der Waals surface area (Å²) in [6.07, 6.45) is -0.0800. The van der Waals surface area contributed by atoms with Gasteiger partial charge in [-0.25, -0.2) is 0 Å². The fraction of sp³-hybridized carbons (Fsp3) is 0.333. The van der Waals surface area contributed by atoms with Gasteiger partial charge in [0.15, 0.2) is 0 Å². The van der Waals surface area contributed by atoms with Gasteiger partial charge in [0, 0.05) is 14.2 Å². The van der Waals surface area contributed by atoms with Gasteiger partial charge in [0.2, 0.25) is 23.3 Å². The van der Waals surface area contributed by atoms with Gasteiger partial charge in [0.05, 0.1) is 12.8 Å². The highest BCUT2D eigenvalue weighted by molar-refractivity contribution is 7.81. The third-order valence-corrected chi connectivity index (χ3v) is 6.76. The van der Waals surface area contributed by atoms with Crippen molar-refractivity contribution in [3.8, 4) is 0 Å². The van der Waals surface area contributed by atoms with E-state index < -0.39 is 58.6 Å². The van der Waals surface area contributed by atoms with E-state index in [2.05, 4.69) is 19.2 Å². The van der Waals surface area contributed by atoms with Crippen LogP contribution < -0.4 is 10.6 Å². The number of ether oxygens (including phenoxy) is 2. The molecule has 0 aliphatic carbocycles. The second kappa shape index (κ2) is 11.1. The molecule has 2 aliphatic rings. The molecule has 0 radical (unpaired) electrons. The van der Waals surface area contributed by atoms with E-state index in [-0.39, 0.29) is 12.8 Å². The van der Waals surface area contributed by atoms with Crippen molar-refractivity contribution in [2.24, 2.45) is 0 Å². The first-order valence-corrected chi connectivity index (χ1v) is 12.9. The molecule has 2 aliphatic heterocycles. The van der Waals surface area contributed by atoms with Crippen LogP contribution in [0.1, 0.15) is 11.1 Å². The molecule has 208 valence electrons. The maximum atomic E-state index is 12.6. The highest BCUT2D eigenvalue weighted by Gasteiger charge is 2.59. The predicted octanol–water partition coefficient (Wildman–Crippen LogP) is -0.818. The Morgan fingerprint density at radius 2 is 1.10 bits per heavy atom. The second-order valence-corrected chi connectivity index (χ2v) is 9.84. The molecule has 2 fully saturated rings. The number of hydrogen-bond acceptors (Lipinski definition) is 10. The zero-order valence-corrected chi connectivity index (χ0v) is 21.8. The standard InChI is InChI=1S/C24H26N4O10S/c1-35-23(25-19(29)13-17-9-5-3-6-10-17)15-27(21(23)31)37-39(33,34)38-28-16-24(36-2,22(28)32)26-20(30)14-18-11-7-4-8-12-18/h3-12H,13-16H2,1-2H3,(H,25,29)(H,26,30). The molecule has 14 nitrogen and oxygen atoms in total. The fourth-order valence-corrected chi connectivity index (χ4v) is 4.66. The summed E-state index contributed by atoms with van der Waals surface area (Å²) in [5.74, 6) is -3.08. The normalized spacial score (nSPS) is 22.6. The van der Waals surface area contributed by atoms with Crippen LogP contribution in [0.5, 0.6) is 0 Å². The van der Waals surface area contributed by atoms with Crippen LogP contribution in [-0.4, -0.2) is 80.9 Å². The Morgan fingerprint density at radius 3 is 1.41 bits per heavy atom. The molecule has 15 heteroatoms. The number of β-lactam (4-membered cyclic amide) rings is 2. The largest absolute Gasteiger partial charge is 0.442 e. The van der Waals surface area contributed by atoms with Crippen molar-refractivity contribution in [3.63, 3.8) is 0 Å². The predicted molar refractivity (Wildman–Crippen MR) is 131 cm³/mol. The van der Waals surface area contributed by atoms with Gasteiger partial charge in [-0.15, -0.1) is 8.57 Å². The molecule has 2 unspecified atom stereocenters. The van der Waals surface area contributed by atoms with Gasteiger partial charge < -0.3 is 20.1 Å². The van der Waals surface area contributed by atoms with Crippen LogP contribution in [0.4, 0.5) is 0 Å². The Balaban J connectivity index is 1.29. The number of carbonyl (C=O) groups excluding carboxylic acids is 4. The number of benzene rings is 2. The number of hydroxylamine groups is 4. The summed E-state index contributed by atoms with van der Waals surface area (Å²) < 4.78 is 44.3. The Hall–Kier alpha value is -3.89. The molecule has 0 spiro atoms. The average molecular weight is 563 g/mol. The van der Waals surface area contributed by atoms with Crippen LogP contribution in [0.15, 0.2) is 60.7 Å². The van der Waals surface area contributed by atoms with Gasteiger partial charge in [-0.3, -0.25) is 19.2 Å². The van der Waals surface area contributed by atoms with Crippen LogP contribution in [0, 0.1) is 0 Å². The highest BCUT2D eigenvalue weighted by atomic mass is 32.3. The van der Waals surface area contributed by atoms with Crippen molar-refractivity contribution in [1.82, 2.24) is 20.8 Å². The summed E-state index contributed by atoms with van der Waals surface area (Å²) in [5, 5.41) is 5.66. The van der Waals surface area contributed by atoms with Gasteiger partial charge in [0.1, 0.15) is 13.1 Å². The lowest BCUT2D eigenvalue weighted by molar-refractivity contribution is -0.249. The fourth-order valence-electron chi connectivity index (χ4n) is 3.95. The Bertz CT molecular complexity index is 1260. The Kier molecular flexibility index (Phi) is 7.99. The molecule has 2 heterocycles. The van der Waals surface area contributed by atoms with Crippen molar-refractivity contribution in [2.45, 2.75) is 24.3 Å². The van der Waals surface area contributed by atoms with Crippen LogP contribution in [0.25, 0.3) is 0 Å². The maximum absolute atomic E-state index is 12.6. The minimum absolute atomic E-state index is 0.0400. The molecule has 0 aromatic heterocycles. The molecule has 4 amide bonds. The zero-order chi connectivity index (χ0) is 28.3. The van der Waals surface area contributed by atoms with E-state index in [1.807, 2.05) is 0 Å². The maximum Gasteiger partial charge on any atom is 0.442 e. The lowest BCUT2D eigenvalue weighted by Crippen LogP contribution is -2.76. The number of amides is 4. The first kappa shape index (κ1) is 28.1. The average Bonchev–Trinajstić information content (AvgIpc) is 2.91. The number of rotatable bonds is 12. The second-order valence-electron chi connectivity index (χ2n) is 8.72. The first-order valence-electron chi connectivity index (χ1n) is 11.6. The van der Waals surface area contributed by atoms with E-state index in [0.29, 0.717) is 21.3 Å². The van der Waals surface area contributed by atoms with E-state index in [0.717, 1.165) is 14.2 Å². The van der Waals surface area contributed by atoms with Crippen molar-refractivity contribution < 1.29 is 45.6 Å². The molecule has 2 N–H and O–H groups in total. The number of nitrogens with zero attached hydrogens (tertiary/aromatic N) is 2. The zero-order valence-electron chi connectivity index (χ0n) is 21.0. The first-order chi connectivity index (χ1) is 18.5. The molecule has 2 aromatic carbocycles. The van der Waals surface area contributed by atoms with Gasteiger partial charge in [-0.1, -0.05) is 60.7 Å². The third kappa shape index (κ3) is 6.07. The minimum Gasteiger partial charge on any atom is -0.349 e. The van der Waals surface area contributed by atoms with Gasteiger partial charge in [0.25, 0.3) is 0 Å². The Labute approximate surface area is 224 Å². The summed E-state index contributed by atoms with van der Waals surface area (Å²) in [5.41, 5.74) is -2.27.